The molecule has 3 aliphatic rings. The summed E-state index contributed by atoms with van der Waals surface area (Å²) >= 11 is -1.67. The number of hydrogen-bond donors (Lipinski definition) is 0. The molecule has 0 aromatic carbocycles. The molecule has 3 fully saturated rings. The van der Waals surface area contributed by atoms with E-state index in [-0.39, 0.29) is 13.3 Å². The Hall–Kier alpha value is -0.417. The monoisotopic (exact) mass is 691 g/mol. The molecule has 2 aromatic rings. The summed E-state index contributed by atoms with van der Waals surface area (Å²) in [5, 5.41) is 0. The molecule has 2 heterocycles. The van der Waals surface area contributed by atoms with Crippen LogP contribution in [0.3, 0.4) is 0 Å². The van der Waals surface area contributed by atoms with E-state index in [9.17, 15) is 0 Å². The number of nitrogens with zero attached hydrogens (tertiary/aromatic N) is 2. The van der Waals surface area contributed by atoms with E-state index in [1.165, 1.54) is 17.0 Å². The molecule has 0 saturated heterocycles. The molecule has 5 rings (SSSR count). The minimum atomic E-state index is -1.67. The first-order valence-electron chi connectivity index (χ1n) is 15.6. The van der Waals surface area contributed by atoms with Crippen molar-refractivity contribution in [2.75, 3.05) is 0 Å². The van der Waals surface area contributed by atoms with Gasteiger partial charge in [0.1, 0.15) is 0 Å². The summed E-state index contributed by atoms with van der Waals surface area (Å²) in [5.74, 6) is 0. The topological polar surface area (TPSA) is 25.8 Å². The van der Waals surface area contributed by atoms with E-state index in [0.29, 0.717) is 0 Å². The van der Waals surface area contributed by atoms with E-state index in [4.69, 9.17) is 19.4 Å². The summed E-state index contributed by atoms with van der Waals surface area (Å²) in [5.41, 5.74) is 5.67. The Labute approximate surface area is 259 Å². The van der Waals surface area contributed by atoms with Gasteiger partial charge in [-0.3, -0.25) is 9.97 Å². The maximum absolute atomic E-state index is 5.55. The van der Waals surface area contributed by atoms with Gasteiger partial charge in [0, 0.05) is 20.3 Å². The van der Waals surface area contributed by atoms with Crippen LogP contribution in [0.4, 0.5) is 0 Å². The average molecular weight is 692 g/mol. The minimum absolute atomic E-state index is 0.0465. The van der Waals surface area contributed by atoms with Crippen LogP contribution in [0.15, 0.2) is 54.9 Å². The molecule has 0 unspecified atom stereocenters. The molecule has 0 bridgehead atoms. The van der Waals surface area contributed by atoms with Crippen LogP contribution in [0.5, 0.6) is 0 Å². The molecule has 224 valence electrons. The van der Waals surface area contributed by atoms with Gasteiger partial charge >= 0.3 is 69.4 Å². The third-order valence-electron chi connectivity index (χ3n) is 8.38. The van der Waals surface area contributed by atoms with Gasteiger partial charge in [-0.05, 0) is 101 Å². The fourth-order valence-electron chi connectivity index (χ4n) is 6.53. The number of rotatable bonds is 4. The van der Waals surface area contributed by atoms with Gasteiger partial charge in [-0.15, -0.1) is 0 Å². The second-order valence-corrected chi connectivity index (χ2v) is 21.6. The van der Waals surface area contributed by atoms with Crippen molar-refractivity contribution in [1.82, 2.24) is 9.97 Å². The minimum Gasteiger partial charge on any atom is -0.255 e. The van der Waals surface area contributed by atoms with Crippen LogP contribution in [-0.4, -0.2) is 31.2 Å². The number of aromatic nitrogens is 2. The van der Waals surface area contributed by atoms with Crippen LogP contribution >= 0.6 is 27.3 Å². The number of allylic oxidation sites excluding steroid dienone is 1. The Bertz CT molecular complexity index is 919. The summed E-state index contributed by atoms with van der Waals surface area (Å²) in [6.07, 6.45) is 29.3. The smallest absolute Gasteiger partial charge is 0.0886 e. The van der Waals surface area contributed by atoms with Crippen molar-refractivity contribution < 1.29 is 13.5 Å². The molecular weight excluding hydrogens is 639 g/mol. The van der Waals surface area contributed by atoms with Gasteiger partial charge in [0.2, 0.25) is 0 Å². The zero-order valence-electron chi connectivity index (χ0n) is 25.0. The average Bonchev–Trinajstić information content (AvgIpc) is 2.99. The zero-order valence-corrected chi connectivity index (χ0v) is 29.3. The van der Waals surface area contributed by atoms with E-state index in [2.05, 4.69) is 35.0 Å². The van der Waals surface area contributed by atoms with Gasteiger partial charge in [-0.25, -0.2) is 0 Å². The van der Waals surface area contributed by atoms with Gasteiger partial charge < -0.3 is 0 Å². The van der Waals surface area contributed by atoms with Crippen LogP contribution in [0, 0.1) is 5.41 Å². The largest absolute Gasteiger partial charge is 0.255 e. The van der Waals surface area contributed by atoms with Crippen molar-refractivity contribution in [2.24, 2.45) is 5.41 Å². The SMILES string of the molecule is C1CCC([PH+](C2CCCCC2)C2CCCCC2)CC1.CC(C)(C)C=[C]=[Ru]([Cl])[Cl].c1ccc(-c2ccccn2)nc1. The molecule has 6 heteroatoms. The first-order valence-corrected chi connectivity index (χ1v) is 22.7. The summed E-state index contributed by atoms with van der Waals surface area (Å²) in [7, 11) is 11.1. The summed E-state index contributed by atoms with van der Waals surface area (Å²) in [6.45, 7) is 6.27. The summed E-state index contributed by atoms with van der Waals surface area (Å²) in [6, 6.07) is 11.6. The van der Waals surface area contributed by atoms with Crippen LogP contribution < -0.4 is 0 Å². The van der Waals surface area contributed by atoms with Crippen LogP contribution in [-0.2, 0) is 13.5 Å². The Morgan fingerprint density at radius 2 is 1.05 bits per heavy atom. The molecule has 3 saturated carbocycles. The number of hydrogen-bond acceptors (Lipinski definition) is 2. The summed E-state index contributed by atoms with van der Waals surface area (Å²) < 4.78 is 2.93. The molecule has 2 nitrogen and oxygen atoms in total. The van der Waals surface area contributed by atoms with Gasteiger partial charge in [-0.1, -0.05) is 31.4 Å². The van der Waals surface area contributed by atoms with Gasteiger partial charge in [0.25, 0.3) is 0 Å². The summed E-state index contributed by atoms with van der Waals surface area (Å²) in [4.78, 5) is 8.37. The predicted molar refractivity (Wildman–Crippen MR) is 177 cm³/mol. The molecule has 3 aliphatic carbocycles. The van der Waals surface area contributed by atoms with Crippen molar-refractivity contribution in [2.45, 2.75) is 134 Å². The van der Waals surface area contributed by atoms with Crippen molar-refractivity contribution >= 4 is 31.6 Å². The molecule has 40 heavy (non-hydrogen) atoms. The molecule has 0 radical (unpaired) electrons. The van der Waals surface area contributed by atoms with Gasteiger partial charge in [0.05, 0.1) is 28.4 Å². The third kappa shape index (κ3) is 13.3. The van der Waals surface area contributed by atoms with Crippen molar-refractivity contribution in [3.63, 3.8) is 0 Å². The Morgan fingerprint density at radius 1 is 0.675 bits per heavy atom. The maximum Gasteiger partial charge on any atom is 0.0886 e. The van der Waals surface area contributed by atoms with Crippen LogP contribution in [0.1, 0.15) is 117 Å². The molecule has 0 N–H and O–H groups in total. The van der Waals surface area contributed by atoms with Crippen LogP contribution in [0.2, 0.25) is 0 Å². The van der Waals surface area contributed by atoms with Crippen molar-refractivity contribution in [3.8, 4) is 11.4 Å². The first-order chi connectivity index (χ1) is 19.3. The Morgan fingerprint density at radius 3 is 1.30 bits per heavy atom. The molecule has 2 aromatic heterocycles. The second-order valence-electron chi connectivity index (χ2n) is 12.7. The Kier molecular flexibility index (Phi) is 16.2. The quantitative estimate of drug-likeness (QED) is 0.236. The standard InChI is InChI=1S/C18H33P.C10H8N2.C6H10.2ClH.Ru/c1-4-10-16(11-5-1)19(17-12-6-2-7-13-17)18-14-8-3-9-15-18;1-3-7-11-9(5-1)10-6-2-4-8-12-10;1-5-6(2,3)4;;;/h16-18H,1-15H2;1-8H;5H,2-4H3;2*1H;/q;;;;;+2/p-1. The molecular formula is C34H52Cl2N2PRu+. The fraction of sp³-hybridized carbons (Fsp3) is 0.647. The predicted octanol–water partition coefficient (Wildman–Crippen LogP) is 11.3. The van der Waals surface area contributed by atoms with Gasteiger partial charge in [0.15, 0.2) is 0 Å². The third-order valence-corrected chi connectivity index (χ3v) is 14.5. The number of pyridine rings is 2. The van der Waals surface area contributed by atoms with E-state index >= 15 is 0 Å². The van der Waals surface area contributed by atoms with Crippen LogP contribution in [0.25, 0.3) is 11.4 Å². The first kappa shape index (κ1) is 34.1. The number of halogens is 2. The molecule has 0 atom stereocenters. The second kappa shape index (κ2) is 19.0. The zero-order chi connectivity index (χ0) is 28.6. The maximum atomic E-state index is 5.55. The van der Waals surface area contributed by atoms with E-state index < -0.39 is 13.5 Å². The van der Waals surface area contributed by atoms with Crippen molar-refractivity contribution in [3.05, 3.63) is 54.9 Å². The Balaban J connectivity index is 0.000000181. The van der Waals surface area contributed by atoms with E-state index in [1.807, 2.05) is 42.5 Å². The van der Waals surface area contributed by atoms with Crippen molar-refractivity contribution in [1.29, 1.82) is 0 Å². The van der Waals surface area contributed by atoms with E-state index in [0.717, 1.165) is 11.4 Å². The van der Waals surface area contributed by atoms with E-state index in [1.54, 1.807) is 109 Å². The molecule has 0 aliphatic heterocycles. The fourth-order valence-corrected chi connectivity index (χ4v) is 13.2. The molecule has 0 spiro atoms. The van der Waals surface area contributed by atoms with Gasteiger partial charge in [-0.2, -0.15) is 0 Å². The normalized spacial score (nSPS) is 19.4. The molecule has 0 amide bonds.